The third-order valence-electron chi connectivity index (χ3n) is 5.35. The van der Waals surface area contributed by atoms with Gasteiger partial charge in [-0.15, -0.1) is 0 Å². The number of para-hydroxylation sites is 1. The summed E-state index contributed by atoms with van der Waals surface area (Å²) in [4.78, 5) is 2.60. The summed E-state index contributed by atoms with van der Waals surface area (Å²) in [6, 6.07) is 9.20. The highest BCUT2D eigenvalue weighted by molar-refractivity contribution is 5.57. The van der Waals surface area contributed by atoms with Crippen LogP contribution in [0.4, 0.5) is 5.69 Å². The second-order valence-electron chi connectivity index (χ2n) is 6.30. The van der Waals surface area contributed by atoms with E-state index >= 15 is 0 Å². The molecule has 18 heavy (non-hydrogen) atoms. The third-order valence-corrected chi connectivity index (χ3v) is 5.35. The molecule has 2 fully saturated rings. The highest BCUT2D eigenvalue weighted by atomic mass is 16.3. The molecule has 4 unspecified atom stereocenters. The molecular weight excluding hydrogens is 222 g/mol. The number of anilines is 1. The lowest BCUT2D eigenvalue weighted by Gasteiger charge is -2.41. The molecule has 1 aromatic rings. The van der Waals surface area contributed by atoms with E-state index < -0.39 is 0 Å². The Balaban J connectivity index is 1.69. The SMILES string of the molecule is OC1CCN(C2CC3CCC2C3)c2ccccc21. The molecule has 1 N–H and O–H groups in total. The van der Waals surface area contributed by atoms with Crippen LogP contribution in [-0.2, 0) is 0 Å². The Morgan fingerprint density at radius 1 is 1.06 bits per heavy atom. The minimum Gasteiger partial charge on any atom is -0.388 e. The number of aliphatic hydroxyl groups is 1. The number of hydrogen-bond donors (Lipinski definition) is 1. The van der Waals surface area contributed by atoms with Crippen molar-refractivity contribution in [1.82, 2.24) is 0 Å². The molecule has 0 amide bonds. The molecule has 96 valence electrons. The van der Waals surface area contributed by atoms with Crippen molar-refractivity contribution in [3.05, 3.63) is 29.8 Å². The summed E-state index contributed by atoms with van der Waals surface area (Å²) in [5.41, 5.74) is 2.44. The molecule has 1 aliphatic heterocycles. The lowest BCUT2D eigenvalue weighted by Crippen LogP contribution is -2.42. The minimum absolute atomic E-state index is 0.254. The van der Waals surface area contributed by atoms with Gasteiger partial charge in [-0.05, 0) is 43.6 Å². The number of benzene rings is 1. The van der Waals surface area contributed by atoms with Gasteiger partial charge in [-0.2, -0.15) is 0 Å². The van der Waals surface area contributed by atoms with E-state index in [0.29, 0.717) is 0 Å². The van der Waals surface area contributed by atoms with Gasteiger partial charge in [-0.1, -0.05) is 24.6 Å². The Morgan fingerprint density at radius 3 is 2.72 bits per heavy atom. The largest absolute Gasteiger partial charge is 0.388 e. The highest BCUT2D eigenvalue weighted by Crippen LogP contribution is 2.49. The van der Waals surface area contributed by atoms with Crippen molar-refractivity contribution in [2.75, 3.05) is 11.4 Å². The highest BCUT2D eigenvalue weighted by Gasteiger charge is 2.43. The quantitative estimate of drug-likeness (QED) is 0.819. The van der Waals surface area contributed by atoms with Crippen LogP contribution in [0.15, 0.2) is 24.3 Å². The first kappa shape index (κ1) is 10.9. The maximum absolute atomic E-state index is 10.1. The van der Waals surface area contributed by atoms with Crippen molar-refractivity contribution in [3.8, 4) is 0 Å². The molecule has 0 spiro atoms. The average Bonchev–Trinajstić information content (AvgIpc) is 3.02. The van der Waals surface area contributed by atoms with Gasteiger partial charge in [0.2, 0.25) is 0 Å². The van der Waals surface area contributed by atoms with Crippen LogP contribution in [0, 0.1) is 11.8 Å². The van der Waals surface area contributed by atoms with Gasteiger partial charge >= 0.3 is 0 Å². The minimum atomic E-state index is -0.254. The van der Waals surface area contributed by atoms with Crippen LogP contribution in [0.5, 0.6) is 0 Å². The maximum Gasteiger partial charge on any atom is 0.0826 e. The molecule has 4 atom stereocenters. The van der Waals surface area contributed by atoms with Crippen molar-refractivity contribution in [1.29, 1.82) is 0 Å². The van der Waals surface area contributed by atoms with Crippen molar-refractivity contribution in [2.24, 2.45) is 11.8 Å². The smallest absolute Gasteiger partial charge is 0.0826 e. The first-order valence-electron chi connectivity index (χ1n) is 7.36. The molecule has 2 saturated carbocycles. The number of aliphatic hydroxyl groups excluding tert-OH is 1. The van der Waals surface area contributed by atoms with Crippen LogP contribution >= 0.6 is 0 Å². The molecule has 1 heterocycles. The molecule has 2 nitrogen and oxygen atoms in total. The number of hydrogen-bond acceptors (Lipinski definition) is 2. The number of nitrogens with zero attached hydrogens (tertiary/aromatic N) is 1. The van der Waals surface area contributed by atoms with Crippen molar-refractivity contribution in [3.63, 3.8) is 0 Å². The van der Waals surface area contributed by atoms with Crippen molar-refractivity contribution in [2.45, 2.75) is 44.2 Å². The van der Waals surface area contributed by atoms with Crippen LogP contribution in [-0.4, -0.2) is 17.7 Å². The summed E-state index contributed by atoms with van der Waals surface area (Å²) in [5, 5.41) is 10.1. The predicted molar refractivity (Wildman–Crippen MR) is 72.6 cm³/mol. The van der Waals surface area contributed by atoms with Crippen LogP contribution in [0.2, 0.25) is 0 Å². The van der Waals surface area contributed by atoms with Crippen molar-refractivity contribution >= 4 is 5.69 Å². The van der Waals surface area contributed by atoms with Crippen LogP contribution < -0.4 is 4.90 Å². The third kappa shape index (κ3) is 1.51. The molecule has 0 radical (unpaired) electrons. The van der Waals surface area contributed by atoms with Gasteiger partial charge in [-0.25, -0.2) is 0 Å². The fourth-order valence-electron chi connectivity index (χ4n) is 4.51. The standard InChI is InChI=1S/C16H21NO/c18-16-7-8-17(14-4-2-1-3-13(14)16)15-10-11-5-6-12(15)9-11/h1-4,11-12,15-16,18H,5-10H2. The Kier molecular flexibility index (Phi) is 2.41. The summed E-state index contributed by atoms with van der Waals surface area (Å²) in [7, 11) is 0. The zero-order valence-corrected chi connectivity index (χ0v) is 10.8. The Labute approximate surface area is 109 Å². The molecule has 0 aromatic heterocycles. The van der Waals surface area contributed by atoms with Gasteiger partial charge in [0.25, 0.3) is 0 Å². The Hall–Kier alpha value is -1.02. The number of fused-ring (bicyclic) bond motifs is 3. The van der Waals surface area contributed by atoms with Gasteiger partial charge in [0.05, 0.1) is 6.10 Å². The van der Waals surface area contributed by atoms with Gasteiger partial charge in [0.1, 0.15) is 0 Å². The topological polar surface area (TPSA) is 23.5 Å². The van der Waals surface area contributed by atoms with E-state index in [-0.39, 0.29) is 6.10 Å². The van der Waals surface area contributed by atoms with E-state index in [1.165, 1.54) is 31.4 Å². The maximum atomic E-state index is 10.1. The second-order valence-corrected chi connectivity index (χ2v) is 6.30. The van der Waals surface area contributed by atoms with Gasteiger partial charge < -0.3 is 10.0 Å². The lowest BCUT2D eigenvalue weighted by molar-refractivity contribution is 0.161. The normalized spacial score (nSPS) is 37.9. The van der Waals surface area contributed by atoms with Crippen LogP contribution in [0.1, 0.15) is 43.8 Å². The molecule has 2 bridgehead atoms. The average molecular weight is 243 g/mol. The zero-order chi connectivity index (χ0) is 12.1. The summed E-state index contributed by atoms with van der Waals surface area (Å²) in [6.07, 6.45) is 6.36. The van der Waals surface area contributed by atoms with Gasteiger partial charge in [-0.3, -0.25) is 0 Å². The molecule has 2 heteroatoms. The summed E-state index contributed by atoms with van der Waals surface area (Å²) in [6.45, 7) is 1.03. The molecular formula is C16H21NO. The van der Waals surface area contributed by atoms with E-state index in [0.717, 1.165) is 36.4 Å². The molecule has 1 aromatic carbocycles. The lowest BCUT2D eigenvalue weighted by atomic mass is 9.90. The van der Waals surface area contributed by atoms with Gasteiger partial charge in [0.15, 0.2) is 0 Å². The second kappa shape index (κ2) is 3.99. The van der Waals surface area contributed by atoms with Crippen LogP contribution in [0.3, 0.4) is 0 Å². The fourth-order valence-corrected chi connectivity index (χ4v) is 4.51. The predicted octanol–water partition coefficient (Wildman–Crippen LogP) is 3.12. The first-order valence-corrected chi connectivity index (χ1v) is 7.36. The van der Waals surface area contributed by atoms with E-state index in [9.17, 15) is 5.11 Å². The Morgan fingerprint density at radius 2 is 1.94 bits per heavy atom. The Bertz CT molecular complexity index is 458. The molecule has 0 saturated heterocycles. The summed E-state index contributed by atoms with van der Waals surface area (Å²) < 4.78 is 0. The van der Waals surface area contributed by atoms with E-state index in [1.54, 1.807) is 0 Å². The van der Waals surface area contributed by atoms with E-state index in [2.05, 4.69) is 23.1 Å². The van der Waals surface area contributed by atoms with Gasteiger partial charge in [0, 0.05) is 23.8 Å². The monoisotopic (exact) mass is 243 g/mol. The molecule has 2 aliphatic carbocycles. The number of rotatable bonds is 1. The summed E-state index contributed by atoms with van der Waals surface area (Å²) in [5.74, 6) is 1.90. The molecule has 4 rings (SSSR count). The molecule has 3 aliphatic rings. The van der Waals surface area contributed by atoms with E-state index in [4.69, 9.17) is 0 Å². The zero-order valence-electron chi connectivity index (χ0n) is 10.8. The summed E-state index contributed by atoms with van der Waals surface area (Å²) >= 11 is 0. The van der Waals surface area contributed by atoms with Crippen LogP contribution in [0.25, 0.3) is 0 Å². The van der Waals surface area contributed by atoms with Crippen molar-refractivity contribution < 1.29 is 5.11 Å². The first-order chi connectivity index (χ1) is 8.83. The fraction of sp³-hybridized carbons (Fsp3) is 0.625. The van der Waals surface area contributed by atoms with E-state index in [1.807, 2.05) is 6.07 Å².